The molecule has 0 amide bonds. The maximum atomic E-state index is 11.6. The molecule has 0 aliphatic heterocycles. The summed E-state index contributed by atoms with van der Waals surface area (Å²) in [6, 6.07) is 4.70. The second-order valence-corrected chi connectivity index (χ2v) is 4.28. The third-order valence-corrected chi connectivity index (χ3v) is 2.92. The van der Waals surface area contributed by atoms with Crippen LogP contribution in [0.3, 0.4) is 0 Å². The number of rotatable bonds is 6. The molecule has 0 fully saturated rings. The molecule has 0 spiro atoms. The molecule has 0 heterocycles. The van der Waals surface area contributed by atoms with Gasteiger partial charge in [0, 0.05) is 11.5 Å². The van der Waals surface area contributed by atoms with E-state index in [-0.39, 0.29) is 18.3 Å². The fourth-order valence-electron chi connectivity index (χ4n) is 1.23. The van der Waals surface area contributed by atoms with Gasteiger partial charge in [0.1, 0.15) is 18.6 Å². The van der Waals surface area contributed by atoms with Crippen molar-refractivity contribution in [1.82, 2.24) is 0 Å². The van der Waals surface area contributed by atoms with Crippen LogP contribution in [0.25, 0.3) is 0 Å². The van der Waals surface area contributed by atoms with Gasteiger partial charge in [-0.2, -0.15) is 0 Å². The van der Waals surface area contributed by atoms with E-state index in [0.717, 1.165) is 6.42 Å². The van der Waals surface area contributed by atoms with Crippen molar-refractivity contribution in [2.24, 2.45) is 5.92 Å². The zero-order valence-electron chi connectivity index (χ0n) is 9.90. The highest BCUT2D eigenvalue weighted by Gasteiger charge is 2.12. The Bertz CT molecular complexity index is 415. The number of ketones is 1. The Balaban J connectivity index is 2.64. The van der Waals surface area contributed by atoms with E-state index in [1.807, 2.05) is 13.8 Å². The van der Waals surface area contributed by atoms with Gasteiger partial charge in [0.05, 0.1) is 5.02 Å². The molecule has 0 aromatic heterocycles. The predicted molar refractivity (Wildman–Crippen MR) is 66.8 cm³/mol. The van der Waals surface area contributed by atoms with Crippen molar-refractivity contribution >= 4 is 23.7 Å². The Morgan fingerprint density at radius 1 is 1.53 bits per heavy atom. The fraction of sp³-hybridized carbons (Fsp3) is 0.385. The molecule has 0 aliphatic rings. The number of halogens is 1. The molecule has 4 heteroatoms. The van der Waals surface area contributed by atoms with Gasteiger partial charge in [-0.1, -0.05) is 25.4 Å². The van der Waals surface area contributed by atoms with E-state index in [2.05, 4.69) is 0 Å². The minimum atomic E-state index is -0.0111. The third kappa shape index (κ3) is 3.86. The molecule has 0 saturated carbocycles. The Hall–Kier alpha value is -1.35. The Morgan fingerprint density at radius 2 is 2.24 bits per heavy atom. The lowest BCUT2D eigenvalue weighted by Crippen LogP contribution is -2.18. The summed E-state index contributed by atoms with van der Waals surface area (Å²) in [5.41, 5.74) is 0.482. The molecule has 1 aromatic rings. The van der Waals surface area contributed by atoms with Crippen LogP contribution < -0.4 is 4.74 Å². The van der Waals surface area contributed by atoms with Gasteiger partial charge >= 0.3 is 0 Å². The molecule has 0 radical (unpaired) electrons. The first-order valence-electron chi connectivity index (χ1n) is 5.48. The number of aldehydes is 1. The minimum Gasteiger partial charge on any atom is -0.484 e. The molecular formula is C13H15ClO3. The number of Topliss-reactive ketones (excluding diaryl/α,β-unsaturated/α-hetero) is 1. The van der Waals surface area contributed by atoms with E-state index in [0.29, 0.717) is 22.6 Å². The largest absolute Gasteiger partial charge is 0.484 e. The number of benzene rings is 1. The first-order valence-corrected chi connectivity index (χ1v) is 5.86. The Morgan fingerprint density at radius 3 is 2.76 bits per heavy atom. The van der Waals surface area contributed by atoms with E-state index in [4.69, 9.17) is 16.3 Å². The molecule has 1 aromatic carbocycles. The van der Waals surface area contributed by atoms with Crippen LogP contribution in [0, 0.1) is 5.92 Å². The smallest absolute Gasteiger partial charge is 0.172 e. The lowest BCUT2D eigenvalue weighted by atomic mass is 10.0. The summed E-state index contributed by atoms with van der Waals surface area (Å²) < 4.78 is 5.32. The van der Waals surface area contributed by atoms with Gasteiger partial charge in [-0.25, -0.2) is 0 Å². The topological polar surface area (TPSA) is 43.4 Å². The molecule has 92 valence electrons. The van der Waals surface area contributed by atoms with Crippen LogP contribution in [0.1, 0.15) is 30.6 Å². The van der Waals surface area contributed by atoms with Gasteiger partial charge < -0.3 is 4.74 Å². The standard InChI is InChI=1S/C13H15ClO3/c1-3-9(2)12(16)8-17-13-5-4-10(7-15)6-11(13)14/h4-7,9H,3,8H2,1-2H3. The van der Waals surface area contributed by atoms with E-state index >= 15 is 0 Å². The highest BCUT2D eigenvalue weighted by molar-refractivity contribution is 6.32. The van der Waals surface area contributed by atoms with E-state index in [1.165, 1.54) is 6.07 Å². The summed E-state index contributed by atoms with van der Waals surface area (Å²) in [4.78, 5) is 22.1. The molecule has 0 saturated heterocycles. The average molecular weight is 255 g/mol. The summed E-state index contributed by atoms with van der Waals surface area (Å²) in [6.07, 6.45) is 1.50. The number of carbonyl (C=O) groups excluding carboxylic acids is 2. The van der Waals surface area contributed by atoms with Crippen molar-refractivity contribution in [2.75, 3.05) is 6.61 Å². The first kappa shape index (κ1) is 13.7. The van der Waals surface area contributed by atoms with Crippen LogP contribution in [0.15, 0.2) is 18.2 Å². The van der Waals surface area contributed by atoms with Crippen LogP contribution in [-0.2, 0) is 4.79 Å². The summed E-state index contributed by atoms with van der Waals surface area (Å²) in [5, 5.41) is 0.339. The van der Waals surface area contributed by atoms with E-state index in [9.17, 15) is 9.59 Å². The maximum Gasteiger partial charge on any atom is 0.172 e. The van der Waals surface area contributed by atoms with Gasteiger partial charge in [0.2, 0.25) is 0 Å². The zero-order chi connectivity index (χ0) is 12.8. The van der Waals surface area contributed by atoms with Gasteiger partial charge in [0.15, 0.2) is 5.78 Å². The van der Waals surface area contributed by atoms with Gasteiger partial charge in [0.25, 0.3) is 0 Å². The van der Waals surface area contributed by atoms with Crippen LogP contribution in [0.5, 0.6) is 5.75 Å². The highest BCUT2D eigenvalue weighted by Crippen LogP contribution is 2.25. The molecule has 1 unspecified atom stereocenters. The summed E-state index contributed by atoms with van der Waals surface area (Å²) >= 11 is 5.91. The molecule has 1 atom stereocenters. The van der Waals surface area contributed by atoms with Crippen molar-refractivity contribution in [3.63, 3.8) is 0 Å². The summed E-state index contributed by atoms with van der Waals surface area (Å²) in [5.74, 6) is 0.458. The molecule has 0 N–H and O–H groups in total. The SMILES string of the molecule is CCC(C)C(=O)COc1ccc(C=O)cc1Cl. The van der Waals surface area contributed by atoms with Gasteiger partial charge in [-0.15, -0.1) is 0 Å². The zero-order valence-corrected chi connectivity index (χ0v) is 10.7. The lowest BCUT2D eigenvalue weighted by Gasteiger charge is -2.10. The minimum absolute atomic E-state index is 0.00909. The molecule has 3 nitrogen and oxygen atoms in total. The van der Waals surface area contributed by atoms with E-state index < -0.39 is 0 Å². The predicted octanol–water partition coefficient (Wildman–Crippen LogP) is 3.15. The van der Waals surface area contributed by atoms with Gasteiger partial charge in [-0.3, -0.25) is 9.59 Å². The Kier molecular flexibility index (Phi) is 5.16. The lowest BCUT2D eigenvalue weighted by molar-refractivity contribution is -0.124. The van der Waals surface area contributed by atoms with Crippen molar-refractivity contribution in [3.8, 4) is 5.75 Å². The third-order valence-electron chi connectivity index (χ3n) is 2.62. The van der Waals surface area contributed by atoms with Crippen molar-refractivity contribution in [2.45, 2.75) is 20.3 Å². The molecule has 0 aliphatic carbocycles. The number of carbonyl (C=O) groups is 2. The maximum absolute atomic E-state index is 11.6. The van der Waals surface area contributed by atoms with Crippen LogP contribution in [-0.4, -0.2) is 18.7 Å². The summed E-state index contributed by atoms with van der Waals surface area (Å²) in [7, 11) is 0. The second-order valence-electron chi connectivity index (χ2n) is 3.87. The second kappa shape index (κ2) is 6.40. The fourth-order valence-corrected chi connectivity index (χ4v) is 1.47. The normalized spacial score (nSPS) is 11.9. The van der Waals surface area contributed by atoms with Crippen LogP contribution >= 0.6 is 11.6 Å². The first-order chi connectivity index (χ1) is 8.08. The highest BCUT2D eigenvalue weighted by atomic mass is 35.5. The van der Waals surface area contributed by atoms with Gasteiger partial charge in [-0.05, 0) is 24.6 Å². The van der Waals surface area contributed by atoms with E-state index in [1.54, 1.807) is 12.1 Å². The number of hydrogen-bond acceptors (Lipinski definition) is 3. The number of hydrogen-bond donors (Lipinski definition) is 0. The molecular weight excluding hydrogens is 240 g/mol. The quantitative estimate of drug-likeness (QED) is 0.733. The average Bonchev–Trinajstić information content (AvgIpc) is 2.35. The van der Waals surface area contributed by atoms with Crippen molar-refractivity contribution in [1.29, 1.82) is 0 Å². The molecule has 0 bridgehead atoms. The van der Waals surface area contributed by atoms with Crippen molar-refractivity contribution < 1.29 is 14.3 Å². The van der Waals surface area contributed by atoms with Crippen LogP contribution in [0.4, 0.5) is 0 Å². The monoisotopic (exact) mass is 254 g/mol. The summed E-state index contributed by atoms with van der Waals surface area (Å²) in [6.45, 7) is 3.83. The van der Waals surface area contributed by atoms with Crippen molar-refractivity contribution in [3.05, 3.63) is 28.8 Å². The molecule has 17 heavy (non-hydrogen) atoms. The number of ether oxygens (including phenoxy) is 1. The Labute approximate surface area is 106 Å². The molecule has 1 rings (SSSR count). The van der Waals surface area contributed by atoms with Crippen LogP contribution in [0.2, 0.25) is 5.02 Å².